The normalized spacial score (nSPS) is 11.9. The Morgan fingerprint density at radius 3 is 2.56 bits per heavy atom. The van der Waals surface area contributed by atoms with Gasteiger partial charge in [-0.2, -0.15) is 0 Å². The van der Waals surface area contributed by atoms with Crippen molar-refractivity contribution < 1.29 is 4.74 Å². The minimum atomic E-state index is -0.00793. The third-order valence-electron chi connectivity index (χ3n) is 2.72. The van der Waals surface area contributed by atoms with Crippen LogP contribution in [0.1, 0.15) is 19.4 Å². The molecule has 4 heteroatoms. The van der Waals surface area contributed by atoms with Crippen molar-refractivity contribution in [1.29, 1.82) is 0 Å². The molecule has 0 aliphatic carbocycles. The van der Waals surface area contributed by atoms with E-state index < -0.39 is 0 Å². The molecule has 0 radical (unpaired) electrons. The van der Waals surface area contributed by atoms with Gasteiger partial charge in [-0.3, -0.25) is 0 Å². The summed E-state index contributed by atoms with van der Waals surface area (Å²) >= 11 is 3.45. The van der Waals surface area contributed by atoms with Crippen molar-refractivity contribution in [1.82, 2.24) is 9.88 Å². The SMILES string of the molecule is Cc1cnc(OCC(C)(C)N(C)C)c(Br)c1. The van der Waals surface area contributed by atoms with Crippen LogP contribution in [0.3, 0.4) is 0 Å². The monoisotopic (exact) mass is 286 g/mol. The van der Waals surface area contributed by atoms with Crippen LogP contribution in [-0.4, -0.2) is 36.1 Å². The zero-order valence-electron chi connectivity index (χ0n) is 10.5. The number of hydrogen-bond donors (Lipinski definition) is 0. The number of rotatable bonds is 4. The Bertz CT molecular complexity index is 364. The summed E-state index contributed by atoms with van der Waals surface area (Å²) in [6.45, 7) is 6.88. The minimum Gasteiger partial charge on any atom is -0.475 e. The molecule has 0 aliphatic rings. The number of nitrogens with zero attached hydrogens (tertiary/aromatic N) is 2. The summed E-state index contributed by atoms with van der Waals surface area (Å²) < 4.78 is 6.62. The Morgan fingerprint density at radius 1 is 1.44 bits per heavy atom. The van der Waals surface area contributed by atoms with Crippen LogP contribution in [0.2, 0.25) is 0 Å². The number of hydrogen-bond acceptors (Lipinski definition) is 3. The van der Waals surface area contributed by atoms with Crippen molar-refractivity contribution in [2.75, 3.05) is 20.7 Å². The second-order valence-corrected chi connectivity index (χ2v) is 5.65. The fraction of sp³-hybridized carbons (Fsp3) is 0.583. The van der Waals surface area contributed by atoms with Crippen LogP contribution in [0, 0.1) is 6.92 Å². The van der Waals surface area contributed by atoms with E-state index >= 15 is 0 Å². The highest BCUT2D eigenvalue weighted by atomic mass is 79.9. The molecule has 0 aromatic carbocycles. The summed E-state index contributed by atoms with van der Waals surface area (Å²) in [4.78, 5) is 6.39. The van der Waals surface area contributed by atoms with E-state index in [1.807, 2.05) is 33.3 Å². The highest BCUT2D eigenvalue weighted by Crippen LogP contribution is 2.24. The van der Waals surface area contributed by atoms with Crippen molar-refractivity contribution in [2.45, 2.75) is 26.3 Å². The summed E-state index contributed by atoms with van der Waals surface area (Å²) in [6, 6.07) is 2.00. The van der Waals surface area contributed by atoms with Crippen molar-refractivity contribution in [3.05, 3.63) is 22.3 Å². The predicted octanol–water partition coefficient (Wildman–Crippen LogP) is 2.87. The van der Waals surface area contributed by atoms with Crippen LogP contribution in [0.4, 0.5) is 0 Å². The Balaban J connectivity index is 2.68. The molecule has 0 atom stereocenters. The second-order valence-electron chi connectivity index (χ2n) is 4.80. The van der Waals surface area contributed by atoms with E-state index in [9.17, 15) is 0 Å². The molecule has 0 saturated heterocycles. The summed E-state index contributed by atoms with van der Waals surface area (Å²) in [5.74, 6) is 0.653. The quantitative estimate of drug-likeness (QED) is 0.851. The molecule has 3 nitrogen and oxygen atoms in total. The Hall–Kier alpha value is -0.610. The first-order chi connectivity index (χ1) is 7.33. The first-order valence-corrected chi connectivity index (χ1v) is 6.04. The lowest BCUT2D eigenvalue weighted by Gasteiger charge is -2.32. The van der Waals surface area contributed by atoms with E-state index in [2.05, 4.69) is 39.7 Å². The fourth-order valence-corrected chi connectivity index (χ4v) is 1.58. The Labute approximate surface area is 106 Å². The number of aromatic nitrogens is 1. The van der Waals surface area contributed by atoms with Gasteiger partial charge in [0.25, 0.3) is 0 Å². The zero-order chi connectivity index (χ0) is 12.3. The predicted molar refractivity (Wildman–Crippen MR) is 69.9 cm³/mol. The molecule has 0 fully saturated rings. The van der Waals surface area contributed by atoms with Gasteiger partial charge in [0.05, 0.1) is 4.47 Å². The molecule has 0 unspecified atom stereocenters. The first kappa shape index (κ1) is 13.5. The summed E-state index contributed by atoms with van der Waals surface area (Å²) in [6.07, 6.45) is 1.81. The van der Waals surface area contributed by atoms with Gasteiger partial charge in [-0.25, -0.2) is 4.98 Å². The van der Waals surface area contributed by atoms with Crippen molar-refractivity contribution in [2.24, 2.45) is 0 Å². The summed E-state index contributed by atoms with van der Waals surface area (Å²) in [5.41, 5.74) is 1.11. The van der Waals surface area contributed by atoms with Gasteiger partial charge in [0.15, 0.2) is 0 Å². The lowest BCUT2D eigenvalue weighted by atomic mass is 10.1. The molecular formula is C12H19BrN2O. The standard InChI is InChI=1S/C12H19BrN2O/c1-9-6-10(13)11(14-7-9)16-8-12(2,3)15(4)5/h6-7H,8H2,1-5H3. The van der Waals surface area contributed by atoms with Crippen LogP contribution < -0.4 is 4.74 Å². The average Bonchev–Trinajstić information content (AvgIpc) is 2.16. The third-order valence-corrected chi connectivity index (χ3v) is 3.29. The summed E-state index contributed by atoms with van der Waals surface area (Å²) in [7, 11) is 4.09. The van der Waals surface area contributed by atoms with Crippen LogP contribution >= 0.6 is 15.9 Å². The van der Waals surface area contributed by atoms with Crippen molar-refractivity contribution in [3.63, 3.8) is 0 Å². The number of ether oxygens (including phenoxy) is 1. The zero-order valence-corrected chi connectivity index (χ0v) is 12.1. The molecule has 0 N–H and O–H groups in total. The largest absolute Gasteiger partial charge is 0.475 e. The van der Waals surface area contributed by atoms with E-state index in [1.54, 1.807) is 0 Å². The molecule has 0 bridgehead atoms. The van der Waals surface area contributed by atoms with Gasteiger partial charge < -0.3 is 9.64 Å². The molecule has 0 saturated carbocycles. The first-order valence-electron chi connectivity index (χ1n) is 5.25. The molecule has 90 valence electrons. The fourth-order valence-electron chi connectivity index (χ4n) is 1.00. The highest BCUT2D eigenvalue weighted by molar-refractivity contribution is 9.10. The van der Waals surface area contributed by atoms with E-state index in [-0.39, 0.29) is 5.54 Å². The third kappa shape index (κ3) is 3.46. The molecule has 0 aliphatic heterocycles. The second kappa shape index (κ2) is 5.15. The van der Waals surface area contributed by atoms with Gasteiger partial charge in [-0.1, -0.05) is 0 Å². The van der Waals surface area contributed by atoms with Gasteiger partial charge >= 0.3 is 0 Å². The van der Waals surface area contributed by atoms with E-state index in [0.717, 1.165) is 10.0 Å². The number of aryl methyl sites for hydroxylation is 1. The summed E-state index contributed by atoms with van der Waals surface area (Å²) in [5, 5.41) is 0. The average molecular weight is 287 g/mol. The Morgan fingerprint density at radius 2 is 2.06 bits per heavy atom. The number of likely N-dealkylation sites (N-methyl/N-ethyl adjacent to an activating group) is 1. The van der Waals surface area contributed by atoms with Gasteiger partial charge in [0.1, 0.15) is 6.61 Å². The van der Waals surface area contributed by atoms with Crippen molar-refractivity contribution >= 4 is 15.9 Å². The van der Waals surface area contributed by atoms with Crippen molar-refractivity contribution in [3.8, 4) is 5.88 Å². The highest BCUT2D eigenvalue weighted by Gasteiger charge is 2.22. The topological polar surface area (TPSA) is 25.4 Å². The number of halogens is 1. The van der Waals surface area contributed by atoms with Crippen LogP contribution in [0.5, 0.6) is 5.88 Å². The van der Waals surface area contributed by atoms with E-state index in [0.29, 0.717) is 12.5 Å². The molecule has 1 aromatic heterocycles. The van der Waals surface area contributed by atoms with Crippen LogP contribution in [0.25, 0.3) is 0 Å². The maximum atomic E-state index is 5.72. The maximum absolute atomic E-state index is 5.72. The van der Waals surface area contributed by atoms with Crippen LogP contribution in [0.15, 0.2) is 16.7 Å². The van der Waals surface area contributed by atoms with Crippen LogP contribution in [-0.2, 0) is 0 Å². The van der Waals surface area contributed by atoms with E-state index in [1.165, 1.54) is 0 Å². The van der Waals surface area contributed by atoms with Gasteiger partial charge in [-0.05, 0) is 62.4 Å². The van der Waals surface area contributed by atoms with E-state index in [4.69, 9.17) is 4.74 Å². The smallest absolute Gasteiger partial charge is 0.228 e. The molecular weight excluding hydrogens is 268 g/mol. The maximum Gasteiger partial charge on any atom is 0.228 e. The molecule has 0 spiro atoms. The molecule has 1 heterocycles. The lowest BCUT2D eigenvalue weighted by Crippen LogP contribution is -2.43. The lowest BCUT2D eigenvalue weighted by molar-refractivity contribution is 0.110. The molecule has 16 heavy (non-hydrogen) atoms. The van der Waals surface area contributed by atoms with Gasteiger partial charge in [-0.15, -0.1) is 0 Å². The Kier molecular flexibility index (Phi) is 4.33. The molecule has 1 rings (SSSR count). The minimum absolute atomic E-state index is 0.00793. The number of pyridine rings is 1. The van der Waals surface area contributed by atoms with Gasteiger partial charge in [0.2, 0.25) is 5.88 Å². The molecule has 0 amide bonds. The van der Waals surface area contributed by atoms with Gasteiger partial charge in [0, 0.05) is 11.7 Å². The molecule has 1 aromatic rings.